The number of aliphatic hydroxyl groups is 1. The van der Waals surface area contributed by atoms with Crippen LogP contribution in [0.15, 0.2) is 59.8 Å². The van der Waals surface area contributed by atoms with Gasteiger partial charge in [-0.2, -0.15) is 0 Å². The van der Waals surface area contributed by atoms with Crippen LogP contribution in [-0.2, 0) is 17.7 Å². The molecule has 6 nitrogen and oxygen atoms in total. The van der Waals surface area contributed by atoms with Crippen molar-refractivity contribution in [3.05, 3.63) is 82.2 Å². The van der Waals surface area contributed by atoms with Crippen LogP contribution in [0.2, 0.25) is 0 Å². The summed E-state index contributed by atoms with van der Waals surface area (Å²) in [5, 5.41) is 12.9. The lowest BCUT2D eigenvalue weighted by Crippen LogP contribution is -2.37. The van der Waals surface area contributed by atoms with E-state index in [2.05, 4.69) is 22.1 Å². The monoisotopic (exact) mass is 415 g/mol. The van der Waals surface area contributed by atoms with Gasteiger partial charge in [-0.1, -0.05) is 30.3 Å². The molecule has 0 radical (unpaired) electrons. The second-order valence-corrected chi connectivity index (χ2v) is 8.36. The maximum absolute atomic E-state index is 13.4. The Morgan fingerprint density at radius 3 is 2.74 bits per heavy atom. The van der Waals surface area contributed by atoms with Crippen LogP contribution < -0.4 is 5.56 Å². The van der Waals surface area contributed by atoms with Crippen LogP contribution in [0.3, 0.4) is 0 Å². The molecule has 2 aromatic heterocycles. The van der Waals surface area contributed by atoms with Crippen LogP contribution in [-0.4, -0.2) is 39.0 Å². The van der Waals surface area contributed by atoms with Crippen molar-refractivity contribution in [2.75, 3.05) is 13.2 Å². The summed E-state index contributed by atoms with van der Waals surface area (Å²) in [6, 6.07) is 14.2. The molecule has 1 aliphatic heterocycles. The van der Waals surface area contributed by atoms with Gasteiger partial charge in [-0.05, 0) is 48.4 Å². The number of benzene rings is 2. The number of aromatic nitrogens is 3. The minimum atomic E-state index is -0.558. The normalized spacial score (nSPS) is 19.2. The van der Waals surface area contributed by atoms with E-state index in [-0.39, 0.29) is 11.5 Å². The molecule has 0 amide bonds. The Morgan fingerprint density at radius 1 is 1.13 bits per heavy atom. The zero-order chi connectivity index (χ0) is 21.4. The summed E-state index contributed by atoms with van der Waals surface area (Å²) in [4.78, 5) is 22.5. The predicted octanol–water partition coefficient (Wildman–Crippen LogP) is 3.24. The number of nitrogens with zero attached hydrogens (tertiary/aromatic N) is 3. The molecule has 1 saturated heterocycles. The number of ether oxygens (including phenoxy) is 1. The summed E-state index contributed by atoms with van der Waals surface area (Å²) in [6.45, 7) is 3.34. The quantitative estimate of drug-likeness (QED) is 0.518. The van der Waals surface area contributed by atoms with E-state index < -0.39 is 6.10 Å². The maximum Gasteiger partial charge on any atom is 0.261 e. The highest BCUT2D eigenvalue weighted by molar-refractivity contribution is 6.06. The molecule has 2 aromatic carbocycles. The second kappa shape index (κ2) is 8.21. The zero-order valence-corrected chi connectivity index (χ0v) is 17.5. The summed E-state index contributed by atoms with van der Waals surface area (Å²) < 4.78 is 6.95. The maximum atomic E-state index is 13.4. The van der Waals surface area contributed by atoms with E-state index in [1.165, 1.54) is 0 Å². The van der Waals surface area contributed by atoms with Gasteiger partial charge < -0.3 is 9.84 Å². The Kier molecular flexibility index (Phi) is 5.26. The molecule has 6 heteroatoms. The highest BCUT2D eigenvalue weighted by atomic mass is 16.5. The molecule has 31 heavy (non-hydrogen) atoms. The Balaban J connectivity index is 1.61. The summed E-state index contributed by atoms with van der Waals surface area (Å²) in [7, 11) is 0. The highest BCUT2D eigenvalue weighted by Crippen LogP contribution is 2.28. The summed E-state index contributed by atoms with van der Waals surface area (Å²) in [5.41, 5.74) is 3.81. The summed E-state index contributed by atoms with van der Waals surface area (Å²) >= 11 is 0. The molecule has 0 aliphatic carbocycles. The zero-order valence-electron chi connectivity index (χ0n) is 17.5. The van der Waals surface area contributed by atoms with Crippen molar-refractivity contribution < 1.29 is 9.84 Å². The van der Waals surface area contributed by atoms with Gasteiger partial charge in [0.2, 0.25) is 0 Å². The van der Waals surface area contributed by atoms with Gasteiger partial charge in [0.25, 0.3) is 5.56 Å². The summed E-state index contributed by atoms with van der Waals surface area (Å²) in [5.74, 6) is -0.00994. The summed E-state index contributed by atoms with van der Waals surface area (Å²) in [6.07, 6.45) is 4.37. The number of pyridine rings is 1. The van der Waals surface area contributed by atoms with Crippen molar-refractivity contribution in [2.45, 2.75) is 32.4 Å². The third-order valence-corrected chi connectivity index (χ3v) is 6.18. The van der Waals surface area contributed by atoms with Gasteiger partial charge in [-0.25, -0.2) is 4.98 Å². The lowest BCUT2D eigenvalue weighted by molar-refractivity contribution is -0.0486. The van der Waals surface area contributed by atoms with E-state index in [4.69, 9.17) is 4.74 Å². The molecule has 0 unspecified atom stereocenters. The molecule has 2 atom stereocenters. The molecule has 1 N–H and O–H groups in total. The third-order valence-electron chi connectivity index (χ3n) is 6.18. The van der Waals surface area contributed by atoms with Crippen LogP contribution >= 0.6 is 0 Å². The van der Waals surface area contributed by atoms with E-state index in [0.29, 0.717) is 31.6 Å². The first kappa shape index (κ1) is 19.8. The fourth-order valence-electron chi connectivity index (χ4n) is 4.40. The average Bonchev–Trinajstić information content (AvgIpc) is 2.79. The van der Waals surface area contributed by atoms with Crippen molar-refractivity contribution in [3.8, 4) is 0 Å². The molecule has 0 saturated carbocycles. The fraction of sp³-hybridized carbons (Fsp3) is 0.320. The minimum Gasteiger partial charge on any atom is -0.390 e. The standard InChI is InChI=1S/C25H25N3O3/c1-16-6-7-17(12-26-16)10-19-11-22-24(21-5-3-2-4-20(19)21)27-15-28(25(22)30)13-18-8-9-31-14-23(18)29/h2-7,11-12,15,18,23,29H,8-10,13-14H2,1H3/t18-,23+/m1/s1. The van der Waals surface area contributed by atoms with Crippen molar-refractivity contribution >= 4 is 21.7 Å². The van der Waals surface area contributed by atoms with Crippen molar-refractivity contribution in [1.29, 1.82) is 0 Å². The van der Waals surface area contributed by atoms with E-state index in [1.54, 1.807) is 10.9 Å². The van der Waals surface area contributed by atoms with E-state index in [1.807, 2.05) is 43.5 Å². The van der Waals surface area contributed by atoms with Crippen molar-refractivity contribution in [3.63, 3.8) is 0 Å². The van der Waals surface area contributed by atoms with E-state index >= 15 is 0 Å². The van der Waals surface area contributed by atoms with Gasteiger partial charge >= 0.3 is 0 Å². The molecule has 5 rings (SSSR count). The van der Waals surface area contributed by atoms with Crippen LogP contribution in [0.1, 0.15) is 23.2 Å². The van der Waals surface area contributed by atoms with Gasteiger partial charge in [0.15, 0.2) is 0 Å². The van der Waals surface area contributed by atoms with Crippen LogP contribution in [0.4, 0.5) is 0 Å². The fourth-order valence-corrected chi connectivity index (χ4v) is 4.40. The Hall–Kier alpha value is -3.09. The van der Waals surface area contributed by atoms with Crippen LogP contribution in [0.5, 0.6) is 0 Å². The molecule has 1 aliphatic rings. The molecule has 1 fully saturated rings. The lowest BCUT2D eigenvalue weighted by Gasteiger charge is -2.28. The van der Waals surface area contributed by atoms with Crippen molar-refractivity contribution in [1.82, 2.24) is 14.5 Å². The largest absolute Gasteiger partial charge is 0.390 e. The minimum absolute atomic E-state index is 0.00994. The van der Waals surface area contributed by atoms with Crippen LogP contribution in [0.25, 0.3) is 21.7 Å². The smallest absolute Gasteiger partial charge is 0.261 e. The average molecular weight is 415 g/mol. The first-order chi connectivity index (χ1) is 15.1. The van der Waals surface area contributed by atoms with E-state index in [0.717, 1.165) is 39.5 Å². The van der Waals surface area contributed by atoms with Gasteiger partial charge in [0, 0.05) is 36.3 Å². The first-order valence-electron chi connectivity index (χ1n) is 10.7. The Labute approximate surface area is 180 Å². The van der Waals surface area contributed by atoms with Gasteiger partial charge in [0.1, 0.15) is 0 Å². The Morgan fingerprint density at radius 2 is 1.97 bits per heavy atom. The molecular formula is C25H25N3O3. The molecule has 0 spiro atoms. The van der Waals surface area contributed by atoms with Gasteiger partial charge in [0.05, 0.1) is 29.9 Å². The number of aryl methyl sites for hydroxylation is 1. The molecule has 3 heterocycles. The topological polar surface area (TPSA) is 77.2 Å². The molecule has 4 aromatic rings. The second-order valence-electron chi connectivity index (χ2n) is 8.36. The number of hydrogen-bond donors (Lipinski definition) is 1. The number of hydrogen-bond acceptors (Lipinski definition) is 5. The van der Waals surface area contributed by atoms with Crippen LogP contribution in [0, 0.1) is 12.8 Å². The SMILES string of the molecule is Cc1ccc(Cc2cc3c(=O)n(C[C@H]4CCOC[C@@H]4O)cnc3c3ccccc23)cn1. The molecular weight excluding hydrogens is 390 g/mol. The third kappa shape index (κ3) is 3.84. The van der Waals surface area contributed by atoms with Crippen molar-refractivity contribution in [2.24, 2.45) is 5.92 Å². The molecule has 158 valence electrons. The number of rotatable bonds is 4. The first-order valence-corrected chi connectivity index (χ1v) is 10.7. The van der Waals surface area contributed by atoms with Gasteiger partial charge in [-0.15, -0.1) is 0 Å². The Bertz CT molecular complexity index is 1300. The number of aliphatic hydroxyl groups excluding tert-OH is 1. The lowest BCUT2D eigenvalue weighted by atomic mass is 9.96. The molecule has 0 bridgehead atoms. The predicted molar refractivity (Wildman–Crippen MR) is 120 cm³/mol. The van der Waals surface area contributed by atoms with Gasteiger partial charge in [-0.3, -0.25) is 14.3 Å². The highest BCUT2D eigenvalue weighted by Gasteiger charge is 2.25. The number of fused-ring (bicyclic) bond motifs is 3. The van der Waals surface area contributed by atoms with E-state index in [9.17, 15) is 9.90 Å².